The number of carboxylic acid groups (broad SMARTS) is 1. The molecular formula is C10H10Cl3NO3S. The second-order valence-electron chi connectivity index (χ2n) is 3.87. The Hall–Kier alpha value is -0.490. The Bertz CT molecular complexity index is 487. The van der Waals surface area contributed by atoms with E-state index in [-0.39, 0.29) is 25.2 Å². The molecule has 0 fully saturated rings. The van der Waals surface area contributed by atoms with Crippen molar-refractivity contribution in [3.8, 4) is 0 Å². The molecule has 0 aromatic carbocycles. The van der Waals surface area contributed by atoms with Gasteiger partial charge in [0.2, 0.25) is 0 Å². The van der Waals surface area contributed by atoms with Gasteiger partial charge < -0.3 is 10.4 Å². The van der Waals surface area contributed by atoms with Gasteiger partial charge >= 0.3 is 5.97 Å². The Balaban J connectivity index is 2.94. The third-order valence-corrected chi connectivity index (χ3v) is 4.75. The quantitative estimate of drug-likeness (QED) is 0.887. The third kappa shape index (κ3) is 3.29. The van der Waals surface area contributed by atoms with Gasteiger partial charge in [0.1, 0.15) is 15.3 Å². The lowest BCUT2D eigenvalue weighted by Gasteiger charge is -2.17. The fraction of sp³-hybridized carbons (Fsp3) is 0.400. The zero-order valence-corrected chi connectivity index (χ0v) is 12.5. The highest BCUT2D eigenvalue weighted by Crippen LogP contribution is 2.40. The first-order valence-corrected chi connectivity index (χ1v) is 6.87. The van der Waals surface area contributed by atoms with E-state index in [1.807, 2.05) is 0 Å². The van der Waals surface area contributed by atoms with Crippen LogP contribution in [-0.2, 0) is 4.79 Å². The van der Waals surface area contributed by atoms with Crippen molar-refractivity contribution in [3.05, 3.63) is 19.3 Å². The van der Waals surface area contributed by atoms with E-state index >= 15 is 0 Å². The second kappa shape index (κ2) is 6.10. The maximum absolute atomic E-state index is 11.9. The second-order valence-corrected chi connectivity index (χ2v) is 6.24. The van der Waals surface area contributed by atoms with Crippen LogP contribution in [0.25, 0.3) is 0 Å². The Kier molecular flexibility index (Phi) is 5.28. The fourth-order valence-corrected chi connectivity index (χ4v) is 2.94. The van der Waals surface area contributed by atoms with E-state index < -0.39 is 17.9 Å². The molecule has 0 aliphatic carbocycles. The van der Waals surface area contributed by atoms with E-state index in [0.717, 1.165) is 11.3 Å². The zero-order chi connectivity index (χ0) is 14.0. The van der Waals surface area contributed by atoms with Gasteiger partial charge in [0, 0.05) is 0 Å². The number of carboxylic acids is 1. The molecule has 1 aromatic heterocycles. The van der Waals surface area contributed by atoms with Crippen LogP contribution >= 0.6 is 46.1 Å². The molecule has 0 bridgehead atoms. The number of nitrogens with one attached hydrogen (secondary N) is 1. The highest BCUT2D eigenvalue weighted by Gasteiger charge is 2.27. The topological polar surface area (TPSA) is 66.4 Å². The van der Waals surface area contributed by atoms with Crippen molar-refractivity contribution in [1.29, 1.82) is 0 Å². The van der Waals surface area contributed by atoms with Crippen molar-refractivity contribution in [2.45, 2.75) is 19.9 Å². The predicted octanol–water partition coefficient (Wildman–Crippen LogP) is 3.55. The van der Waals surface area contributed by atoms with Crippen molar-refractivity contribution < 1.29 is 14.7 Å². The van der Waals surface area contributed by atoms with Crippen molar-refractivity contribution in [2.24, 2.45) is 5.92 Å². The Morgan fingerprint density at radius 2 is 1.78 bits per heavy atom. The molecule has 0 saturated heterocycles. The smallest absolute Gasteiger partial charge is 0.326 e. The molecule has 18 heavy (non-hydrogen) atoms. The van der Waals surface area contributed by atoms with Crippen LogP contribution in [0.2, 0.25) is 14.4 Å². The first kappa shape index (κ1) is 15.6. The molecule has 0 radical (unpaired) electrons. The van der Waals surface area contributed by atoms with Gasteiger partial charge in [-0.1, -0.05) is 48.7 Å². The molecule has 8 heteroatoms. The highest BCUT2D eigenvalue weighted by molar-refractivity contribution is 7.19. The fourth-order valence-electron chi connectivity index (χ4n) is 1.23. The molecule has 1 atom stereocenters. The molecule has 1 aromatic rings. The van der Waals surface area contributed by atoms with Crippen LogP contribution in [0.1, 0.15) is 23.5 Å². The van der Waals surface area contributed by atoms with Gasteiger partial charge in [-0.2, -0.15) is 0 Å². The number of amides is 1. The predicted molar refractivity (Wildman–Crippen MR) is 73.1 cm³/mol. The summed E-state index contributed by atoms with van der Waals surface area (Å²) in [6.07, 6.45) is 0. The van der Waals surface area contributed by atoms with E-state index in [4.69, 9.17) is 39.9 Å². The normalized spacial score (nSPS) is 12.6. The number of carbonyl (C=O) groups is 2. The average molecular weight is 331 g/mol. The summed E-state index contributed by atoms with van der Waals surface area (Å²) in [4.78, 5) is 23.0. The molecule has 1 unspecified atom stereocenters. The summed E-state index contributed by atoms with van der Waals surface area (Å²) in [5.41, 5.74) is 0. The minimum Gasteiger partial charge on any atom is -0.480 e. The largest absolute Gasteiger partial charge is 0.480 e. The number of hydrogen-bond donors (Lipinski definition) is 2. The molecule has 100 valence electrons. The van der Waals surface area contributed by atoms with Crippen LogP contribution in [0.5, 0.6) is 0 Å². The Morgan fingerprint density at radius 3 is 2.11 bits per heavy atom. The van der Waals surface area contributed by atoms with Crippen molar-refractivity contribution in [3.63, 3.8) is 0 Å². The van der Waals surface area contributed by atoms with Gasteiger partial charge in [-0.15, -0.1) is 11.3 Å². The third-order valence-electron chi connectivity index (χ3n) is 2.18. The minimum absolute atomic E-state index is 0.0389. The van der Waals surface area contributed by atoms with E-state index in [2.05, 4.69) is 5.32 Å². The monoisotopic (exact) mass is 329 g/mol. The number of hydrogen-bond acceptors (Lipinski definition) is 3. The van der Waals surface area contributed by atoms with Crippen molar-refractivity contribution >= 4 is 58.0 Å². The molecular weight excluding hydrogens is 321 g/mol. The summed E-state index contributed by atoms with van der Waals surface area (Å²) in [7, 11) is 0. The van der Waals surface area contributed by atoms with E-state index in [9.17, 15) is 9.59 Å². The van der Waals surface area contributed by atoms with Crippen molar-refractivity contribution in [1.82, 2.24) is 5.32 Å². The molecule has 0 saturated carbocycles. The van der Waals surface area contributed by atoms with E-state index in [0.29, 0.717) is 0 Å². The number of halogens is 3. The molecule has 0 aliphatic rings. The summed E-state index contributed by atoms with van der Waals surface area (Å²) in [5.74, 6) is -1.96. The van der Waals surface area contributed by atoms with Gasteiger partial charge in [-0.25, -0.2) is 4.79 Å². The maximum atomic E-state index is 11.9. The van der Waals surface area contributed by atoms with Crippen LogP contribution in [0.3, 0.4) is 0 Å². The lowest BCUT2D eigenvalue weighted by molar-refractivity contribution is -0.140. The molecule has 1 heterocycles. The van der Waals surface area contributed by atoms with Gasteiger partial charge in [0.25, 0.3) is 5.91 Å². The first-order chi connectivity index (χ1) is 8.25. The van der Waals surface area contributed by atoms with Gasteiger partial charge in [0.05, 0.1) is 10.0 Å². The zero-order valence-electron chi connectivity index (χ0n) is 9.46. The lowest BCUT2D eigenvalue weighted by atomic mass is 10.0. The van der Waals surface area contributed by atoms with Crippen LogP contribution in [0.4, 0.5) is 0 Å². The number of thiophene rings is 1. The summed E-state index contributed by atoms with van der Waals surface area (Å²) in [5, 5.41) is 11.5. The Morgan fingerprint density at radius 1 is 1.22 bits per heavy atom. The number of rotatable bonds is 4. The maximum Gasteiger partial charge on any atom is 0.326 e. The molecule has 0 aliphatic heterocycles. The summed E-state index contributed by atoms with van der Waals surface area (Å²) < 4.78 is 0.197. The van der Waals surface area contributed by atoms with Crippen molar-refractivity contribution in [2.75, 3.05) is 0 Å². The van der Waals surface area contributed by atoms with Gasteiger partial charge in [-0.3, -0.25) is 4.79 Å². The number of carbonyl (C=O) groups excluding carboxylic acids is 1. The first-order valence-electron chi connectivity index (χ1n) is 4.92. The molecule has 1 rings (SSSR count). The highest BCUT2D eigenvalue weighted by atomic mass is 35.5. The van der Waals surface area contributed by atoms with E-state index in [1.165, 1.54) is 0 Å². The van der Waals surface area contributed by atoms with Gasteiger partial charge in [-0.05, 0) is 5.92 Å². The van der Waals surface area contributed by atoms with Crippen LogP contribution < -0.4 is 5.32 Å². The standard InChI is InChI=1S/C10H10Cl3NO3S/c1-3(2)6(10(16)17)14-9(15)7-4(11)5(12)8(13)18-7/h3,6H,1-2H3,(H,14,15)(H,16,17). The SMILES string of the molecule is CC(C)C(NC(=O)c1sc(Cl)c(Cl)c1Cl)C(=O)O. The molecule has 0 spiro atoms. The average Bonchev–Trinajstić information content (AvgIpc) is 2.52. The van der Waals surface area contributed by atoms with Crippen LogP contribution in [-0.4, -0.2) is 23.0 Å². The number of aliphatic carboxylic acids is 1. The minimum atomic E-state index is -1.11. The summed E-state index contributed by atoms with van der Waals surface area (Å²) in [6, 6.07) is -0.992. The van der Waals surface area contributed by atoms with Crippen LogP contribution in [0, 0.1) is 5.92 Å². The molecule has 1 amide bonds. The van der Waals surface area contributed by atoms with Crippen LogP contribution in [0.15, 0.2) is 0 Å². The summed E-state index contributed by atoms with van der Waals surface area (Å²) >= 11 is 18.2. The van der Waals surface area contributed by atoms with Gasteiger partial charge in [0.15, 0.2) is 0 Å². The lowest BCUT2D eigenvalue weighted by Crippen LogP contribution is -2.44. The van der Waals surface area contributed by atoms with E-state index in [1.54, 1.807) is 13.8 Å². The summed E-state index contributed by atoms with van der Waals surface area (Å²) in [6.45, 7) is 3.38. The molecule has 4 nitrogen and oxygen atoms in total. The molecule has 2 N–H and O–H groups in total. The Labute approximate surface area is 123 Å².